The molecule has 4 aromatic carbocycles. The van der Waals surface area contributed by atoms with Crippen LogP contribution >= 0.6 is 0 Å². The molecule has 4 heteroatoms. The van der Waals surface area contributed by atoms with E-state index in [1.165, 1.54) is 43.2 Å². The van der Waals surface area contributed by atoms with Gasteiger partial charge in [0.15, 0.2) is 0 Å². The molecule has 0 heterocycles. The lowest BCUT2D eigenvalue weighted by molar-refractivity contribution is 0.327. The zero-order valence-electron chi connectivity index (χ0n) is 19.9. The molecule has 1 aliphatic rings. The molecule has 0 bridgehead atoms. The van der Waals surface area contributed by atoms with Gasteiger partial charge in [0.25, 0.3) is 0 Å². The van der Waals surface area contributed by atoms with E-state index in [0.29, 0.717) is 11.8 Å². The Balaban J connectivity index is 1.36. The Kier molecular flexibility index (Phi) is 6.89. The highest BCUT2D eigenvalue weighted by atomic mass is 16.5. The van der Waals surface area contributed by atoms with Gasteiger partial charge in [-0.3, -0.25) is 0 Å². The zero-order chi connectivity index (χ0) is 24.0. The van der Waals surface area contributed by atoms with Crippen molar-refractivity contribution in [3.05, 3.63) is 108 Å². The van der Waals surface area contributed by atoms with Crippen LogP contribution in [0.4, 0.5) is 11.4 Å². The maximum absolute atomic E-state index is 6.02. The number of ether oxygens (including phenoxy) is 2. The highest BCUT2D eigenvalue weighted by Gasteiger charge is 2.26. The smallest absolute Gasteiger partial charge is 0.127 e. The Morgan fingerprint density at radius 2 is 0.829 bits per heavy atom. The quantitative estimate of drug-likeness (QED) is 0.271. The first kappa shape index (κ1) is 22.9. The molecule has 4 N–H and O–H groups in total. The summed E-state index contributed by atoms with van der Waals surface area (Å²) in [5, 5.41) is 0. The minimum atomic E-state index is 0.353. The van der Waals surface area contributed by atoms with Gasteiger partial charge in [0.2, 0.25) is 0 Å². The number of rotatable bonds is 7. The number of hydrogen-bond donors (Lipinski definition) is 2. The lowest BCUT2D eigenvalue weighted by atomic mass is 9.73. The fourth-order valence-electron chi connectivity index (χ4n) is 5.03. The Bertz CT molecular complexity index is 1120. The van der Waals surface area contributed by atoms with Crippen LogP contribution in [0, 0.1) is 5.92 Å². The molecule has 0 aromatic heterocycles. The van der Waals surface area contributed by atoms with Crippen LogP contribution in [0.2, 0.25) is 0 Å². The Labute approximate surface area is 207 Å². The Morgan fingerprint density at radius 1 is 0.486 bits per heavy atom. The summed E-state index contributed by atoms with van der Waals surface area (Å²) in [6.45, 7) is 0. The molecule has 4 nitrogen and oxygen atoms in total. The lowest BCUT2D eigenvalue weighted by Gasteiger charge is -2.31. The predicted octanol–water partition coefficient (Wildman–Crippen LogP) is 8.15. The molecule has 0 amide bonds. The van der Waals surface area contributed by atoms with Crippen molar-refractivity contribution in [3.63, 3.8) is 0 Å². The second-order valence-corrected chi connectivity index (χ2v) is 9.36. The van der Waals surface area contributed by atoms with E-state index >= 15 is 0 Å². The van der Waals surface area contributed by atoms with Gasteiger partial charge in [0.1, 0.15) is 23.0 Å². The molecule has 0 aliphatic heterocycles. The fraction of sp³-hybridized carbons (Fsp3) is 0.226. The van der Waals surface area contributed by atoms with E-state index < -0.39 is 0 Å². The average Bonchev–Trinajstić information content (AvgIpc) is 2.90. The summed E-state index contributed by atoms with van der Waals surface area (Å²) in [6, 6.07) is 32.1. The lowest BCUT2D eigenvalue weighted by Crippen LogP contribution is -2.17. The Morgan fingerprint density at radius 3 is 1.20 bits per heavy atom. The van der Waals surface area contributed by atoms with Crippen LogP contribution in [0.5, 0.6) is 23.0 Å². The van der Waals surface area contributed by atoms with Crippen molar-refractivity contribution in [1.29, 1.82) is 0 Å². The Hall–Kier alpha value is -3.92. The third-order valence-electron chi connectivity index (χ3n) is 6.83. The second kappa shape index (κ2) is 10.6. The van der Waals surface area contributed by atoms with E-state index in [4.69, 9.17) is 20.9 Å². The van der Waals surface area contributed by atoms with E-state index in [0.717, 1.165) is 34.4 Å². The number of nitrogen functional groups attached to an aromatic ring is 2. The average molecular weight is 465 g/mol. The first-order valence-electron chi connectivity index (χ1n) is 12.4. The normalized spacial score (nSPS) is 14.1. The van der Waals surface area contributed by atoms with Crippen molar-refractivity contribution in [2.75, 3.05) is 11.5 Å². The highest BCUT2D eigenvalue weighted by Crippen LogP contribution is 2.41. The van der Waals surface area contributed by atoms with Crippen molar-refractivity contribution in [2.45, 2.75) is 38.0 Å². The summed E-state index contributed by atoms with van der Waals surface area (Å²) in [7, 11) is 0. The van der Waals surface area contributed by atoms with Crippen LogP contribution in [0.15, 0.2) is 97.1 Å². The molecule has 4 aromatic rings. The molecule has 0 atom stereocenters. The molecule has 0 radical (unpaired) electrons. The maximum atomic E-state index is 6.02. The predicted molar refractivity (Wildman–Crippen MR) is 143 cm³/mol. The van der Waals surface area contributed by atoms with Gasteiger partial charge in [-0.1, -0.05) is 43.5 Å². The summed E-state index contributed by atoms with van der Waals surface area (Å²) >= 11 is 0. The van der Waals surface area contributed by atoms with Crippen LogP contribution in [-0.4, -0.2) is 0 Å². The van der Waals surface area contributed by atoms with Crippen molar-refractivity contribution >= 4 is 11.4 Å². The number of anilines is 2. The van der Waals surface area contributed by atoms with Gasteiger partial charge in [0.05, 0.1) is 0 Å². The van der Waals surface area contributed by atoms with Crippen LogP contribution in [0.25, 0.3) is 0 Å². The van der Waals surface area contributed by atoms with Gasteiger partial charge in [0, 0.05) is 17.3 Å². The molecule has 178 valence electrons. The van der Waals surface area contributed by atoms with Crippen LogP contribution in [0.1, 0.15) is 49.1 Å². The van der Waals surface area contributed by atoms with Crippen LogP contribution < -0.4 is 20.9 Å². The molecule has 5 rings (SSSR count). The van der Waals surface area contributed by atoms with Crippen molar-refractivity contribution in [3.8, 4) is 23.0 Å². The third-order valence-corrected chi connectivity index (χ3v) is 6.83. The van der Waals surface area contributed by atoms with Crippen molar-refractivity contribution in [1.82, 2.24) is 0 Å². The molecule has 0 unspecified atom stereocenters. The zero-order valence-corrected chi connectivity index (χ0v) is 19.9. The molecule has 0 spiro atoms. The van der Waals surface area contributed by atoms with E-state index in [1.807, 2.05) is 48.5 Å². The second-order valence-electron chi connectivity index (χ2n) is 9.36. The molecule has 1 saturated carbocycles. The largest absolute Gasteiger partial charge is 0.457 e. The van der Waals surface area contributed by atoms with E-state index in [2.05, 4.69) is 48.5 Å². The number of hydrogen-bond acceptors (Lipinski definition) is 4. The minimum Gasteiger partial charge on any atom is -0.457 e. The third kappa shape index (κ3) is 5.78. The van der Waals surface area contributed by atoms with Crippen LogP contribution in [0.3, 0.4) is 0 Å². The SMILES string of the molecule is Nc1ccc(Oc2ccc(C(c3ccc(Oc4ccc(N)cc4)cc3)C3CCCCC3)cc2)cc1. The van der Waals surface area contributed by atoms with E-state index in [1.54, 1.807) is 0 Å². The van der Waals surface area contributed by atoms with Crippen LogP contribution in [-0.2, 0) is 0 Å². The molecular weight excluding hydrogens is 432 g/mol. The first-order valence-corrected chi connectivity index (χ1v) is 12.4. The monoisotopic (exact) mass is 464 g/mol. The van der Waals surface area contributed by atoms with Gasteiger partial charge >= 0.3 is 0 Å². The van der Waals surface area contributed by atoms with Gasteiger partial charge in [-0.2, -0.15) is 0 Å². The van der Waals surface area contributed by atoms with Gasteiger partial charge in [-0.05, 0) is 103 Å². The maximum Gasteiger partial charge on any atom is 0.127 e. The molecular formula is C31H32N2O2. The standard InChI is InChI=1S/C31H32N2O2/c32-25-10-18-29(19-11-25)34-27-14-6-23(7-15-27)31(22-4-2-1-3-5-22)24-8-16-28(17-9-24)35-30-20-12-26(33)13-21-30/h6-22,31H,1-5,32-33H2. The van der Waals surface area contributed by atoms with Gasteiger partial charge < -0.3 is 20.9 Å². The summed E-state index contributed by atoms with van der Waals surface area (Å²) in [4.78, 5) is 0. The van der Waals surface area contributed by atoms with Gasteiger partial charge in [-0.15, -0.1) is 0 Å². The molecule has 1 aliphatic carbocycles. The molecule has 0 saturated heterocycles. The van der Waals surface area contributed by atoms with E-state index in [9.17, 15) is 0 Å². The summed E-state index contributed by atoms with van der Waals surface area (Å²) in [5.74, 6) is 4.21. The molecule has 1 fully saturated rings. The van der Waals surface area contributed by atoms with E-state index in [-0.39, 0.29) is 0 Å². The first-order chi connectivity index (χ1) is 17.1. The van der Waals surface area contributed by atoms with Gasteiger partial charge in [-0.25, -0.2) is 0 Å². The summed E-state index contributed by atoms with van der Waals surface area (Å²) in [5.41, 5.74) is 15.7. The molecule has 35 heavy (non-hydrogen) atoms. The van der Waals surface area contributed by atoms with Crippen molar-refractivity contribution in [2.24, 2.45) is 5.92 Å². The number of nitrogens with two attached hydrogens (primary N) is 2. The number of benzene rings is 4. The highest BCUT2D eigenvalue weighted by molar-refractivity contribution is 5.45. The summed E-state index contributed by atoms with van der Waals surface area (Å²) in [6.07, 6.45) is 6.47. The fourth-order valence-corrected chi connectivity index (χ4v) is 5.03. The summed E-state index contributed by atoms with van der Waals surface area (Å²) < 4.78 is 12.0. The minimum absolute atomic E-state index is 0.353. The van der Waals surface area contributed by atoms with Crippen molar-refractivity contribution < 1.29 is 9.47 Å². The topological polar surface area (TPSA) is 70.5 Å².